The fourth-order valence-corrected chi connectivity index (χ4v) is 4.78. The Kier molecular flexibility index (Phi) is 5.57. The van der Waals surface area contributed by atoms with Crippen LogP contribution in [0.5, 0.6) is 0 Å². The third kappa shape index (κ3) is 4.08. The molecule has 0 atom stereocenters. The molecule has 0 radical (unpaired) electrons. The smallest absolute Gasteiger partial charge is 0.269 e. The first-order valence-corrected chi connectivity index (χ1v) is 10.2. The van der Waals surface area contributed by atoms with E-state index in [2.05, 4.69) is 28.4 Å². The predicted octanol–water partition coefficient (Wildman–Crippen LogP) is 4.34. The second-order valence-corrected chi connectivity index (χ2v) is 8.13. The van der Waals surface area contributed by atoms with Gasteiger partial charge in [-0.15, -0.1) is 11.3 Å². The maximum absolute atomic E-state index is 12.6. The van der Waals surface area contributed by atoms with Crippen molar-refractivity contribution >= 4 is 27.9 Å². The number of nitrogens with one attached hydrogen (secondary N) is 1. The molecule has 0 saturated carbocycles. The lowest BCUT2D eigenvalue weighted by Gasteiger charge is -2.26. The molecule has 150 valence electrons. The minimum Gasteiger partial charge on any atom is -0.312 e. The second-order valence-electron chi connectivity index (χ2n) is 7.02. The molecule has 2 aromatic carbocycles. The molecular formula is C22H18N4O3S. The Balaban J connectivity index is 1.51. The second kappa shape index (κ2) is 8.45. The minimum atomic E-state index is -0.510. The number of nitro groups is 1. The van der Waals surface area contributed by atoms with E-state index in [0.717, 1.165) is 36.5 Å². The van der Waals surface area contributed by atoms with Crippen LogP contribution in [0.3, 0.4) is 0 Å². The van der Waals surface area contributed by atoms with Gasteiger partial charge < -0.3 is 5.32 Å². The summed E-state index contributed by atoms with van der Waals surface area (Å²) in [6.07, 6.45) is 0.759. The number of carbonyl (C=O) groups excluding carboxylic acids is 1. The number of fused-ring (bicyclic) bond motifs is 1. The number of amides is 1. The van der Waals surface area contributed by atoms with Crippen molar-refractivity contribution in [3.05, 3.63) is 91.8 Å². The van der Waals surface area contributed by atoms with Gasteiger partial charge in [0.25, 0.3) is 11.6 Å². The summed E-state index contributed by atoms with van der Waals surface area (Å²) in [6, 6.07) is 17.9. The monoisotopic (exact) mass is 418 g/mol. The molecule has 1 amide bonds. The van der Waals surface area contributed by atoms with Crippen molar-refractivity contribution < 1.29 is 9.72 Å². The Morgan fingerprint density at radius 1 is 1.20 bits per heavy atom. The van der Waals surface area contributed by atoms with Crippen LogP contribution in [0.25, 0.3) is 0 Å². The van der Waals surface area contributed by atoms with Crippen LogP contribution in [0, 0.1) is 21.4 Å². The van der Waals surface area contributed by atoms with Crippen molar-refractivity contribution in [1.29, 1.82) is 5.26 Å². The van der Waals surface area contributed by atoms with Gasteiger partial charge in [-0.3, -0.25) is 19.8 Å². The molecule has 0 aliphatic carbocycles. The van der Waals surface area contributed by atoms with E-state index >= 15 is 0 Å². The highest BCUT2D eigenvalue weighted by atomic mass is 32.1. The molecule has 30 heavy (non-hydrogen) atoms. The van der Waals surface area contributed by atoms with Gasteiger partial charge in [-0.25, -0.2) is 0 Å². The molecule has 1 aliphatic heterocycles. The fourth-order valence-electron chi connectivity index (χ4n) is 3.55. The number of anilines is 1. The van der Waals surface area contributed by atoms with Gasteiger partial charge in [0, 0.05) is 42.2 Å². The number of hydrogen-bond acceptors (Lipinski definition) is 6. The van der Waals surface area contributed by atoms with Crippen LogP contribution in [-0.2, 0) is 19.5 Å². The van der Waals surface area contributed by atoms with Gasteiger partial charge in [-0.2, -0.15) is 5.26 Å². The largest absolute Gasteiger partial charge is 0.312 e. The van der Waals surface area contributed by atoms with E-state index in [9.17, 15) is 20.2 Å². The minimum absolute atomic E-state index is 0.0747. The lowest BCUT2D eigenvalue weighted by Crippen LogP contribution is -2.29. The van der Waals surface area contributed by atoms with E-state index in [-0.39, 0.29) is 11.6 Å². The molecular weight excluding hydrogens is 400 g/mol. The predicted molar refractivity (Wildman–Crippen MR) is 114 cm³/mol. The summed E-state index contributed by atoms with van der Waals surface area (Å²) < 4.78 is 0. The molecule has 1 aromatic heterocycles. The molecule has 1 N–H and O–H groups in total. The average Bonchev–Trinajstić information content (AvgIpc) is 3.10. The van der Waals surface area contributed by atoms with Crippen LogP contribution < -0.4 is 5.32 Å². The van der Waals surface area contributed by atoms with E-state index in [4.69, 9.17) is 0 Å². The molecule has 4 rings (SSSR count). The van der Waals surface area contributed by atoms with Gasteiger partial charge in [-0.1, -0.05) is 30.3 Å². The van der Waals surface area contributed by atoms with Gasteiger partial charge in [-0.05, 0) is 29.7 Å². The number of thiophene rings is 1. The Bertz CT molecular complexity index is 1130. The van der Waals surface area contributed by atoms with Gasteiger partial charge >= 0.3 is 0 Å². The van der Waals surface area contributed by atoms with Crippen molar-refractivity contribution in [3.63, 3.8) is 0 Å². The highest BCUT2D eigenvalue weighted by Crippen LogP contribution is 2.37. The SMILES string of the molecule is N#Cc1c(NC(=O)c2ccc([N+](=O)[O-])cc2)sc2c1CCN(Cc1ccccc1)C2. The first-order valence-electron chi connectivity index (χ1n) is 9.42. The number of hydrogen-bond donors (Lipinski definition) is 1. The van der Waals surface area contributed by atoms with Gasteiger partial charge in [0.15, 0.2) is 0 Å². The molecule has 0 spiro atoms. The lowest BCUT2D eigenvalue weighted by atomic mass is 10.0. The maximum Gasteiger partial charge on any atom is 0.269 e. The van der Waals surface area contributed by atoms with Crippen LogP contribution >= 0.6 is 11.3 Å². The summed E-state index contributed by atoms with van der Waals surface area (Å²) >= 11 is 1.43. The molecule has 7 nitrogen and oxygen atoms in total. The normalized spacial score (nSPS) is 13.3. The number of rotatable bonds is 5. The maximum atomic E-state index is 12.6. The summed E-state index contributed by atoms with van der Waals surface area (Å²) in [5, 5.41) is 23.8. The van der Waals surface area contributed by atoms with Crippen LogP contribution in [0.4, 0.5) is 10.7 Å². The van der Waals surface area contributed by atoms with Crippen molar-refractivity contribution in [3.8, 4) is 6.07 Å². The molecule has 3 aromatic rings. The first-order chi connectivity index (χ1) is 14.5. The summed E-state index contributed by atoms with van der Waals surface area (Å²) in [7, 11) is 0. The summed E-state index contributed by atoms with van der Waals surface area (Å²) in [5.74, 6) is -0.388. The Morgan fingerprint density at radius 2 is 1.93 bits per heavy atom. The van der Waals surface area contributed by atoms with Crippen molar-refractivity contribution in [1.82, 2.24) is 4.90 Å². The van der Waals surface area contributed by atoms with E-state index in [1.807, 2.05) is 18.2 Å². The van der Waals surface area contributed by atoms with Crippen LogP contribution in [-0.4, -0.2) is 22.3 Å². The number of nitro benzene ring substituents is 1. The highest BCUT2D eigenvalue weighted by molar-refractivity contribution is 7.16. The van der Waals surface area contributed by atoms with Gasteiger partial charge in [0.1, 0.15) is 11.1 Å². The molecule has 8 heteroatoms. The van der Waals surface area contributed by atoms with E-state index < -0.39 is 4.92 Å². The molecule has 1 aliphatic rings. The molecule has 2 heterocycles. The number of benzene rings is 2. The number of nitriles is 1. The van der Waals surface area contributed by atoms with Crippen molar-refractivity contribution in [2.45, 2.75) is 19.5 Å². The standard InChI is InChI=1S/C22H18N4O3S/c23-12-19-18-10-11-25(13-15-4-2-1-3-5-15)14-20(18)30-22(19)24-21(27)16-6-8-17(9-7-16)26(28)29/h1-9H,10-11,13-14H2,(H,24,27). The van der Waals surface area contributed by atoms with E-state index in [0.29, 0.717) is 16.1 Å². The molecule has 0 bridgehead atoms. The van der Waals surface area contributed by atoms with Crippen molar-refractivity contribution in [2.75, 3.05) is 11.9 Å². The Hall–Kier alpha value is -3.54. The third-order valence-electron chi connectivity index (χ3n) is 5.06. The Labute approximate surface area is 177 Å². The topological polar surface area (TPSA) is 99.3 Å². The van der Waals surface area contributed by atoms with Crippen LogP contribution in [0.1, 0.15) is 31.9 Å². The Morgan fingerprint density at radius 3 is 2.60 bits per heavy atom. The third-order valence-corrected chi connectivity index (χ3v) is 6.20. The summed E-state index contributed by atoms with van der Waals surface area (Å²) in [5.41, 5.74) is 3.00. The molecule has 0 fully saturated rings. The fraction of sp³-hybridized carbons (Fsp3) is 0.182. The zero-order chi connectivity index (χ0) is 21.1. The van der Waals surface area contributed by atoms with E-state index in [1.165, 1.54) is 41.2 Å². The quantitative estimate of drug-likeness (QED) is 0.491. The van der Waals surface area contributed by atoms with Gasteiger partial charge in [0.2, 0.25) is 0 Å². The summed E-state index contributed by atoms with van der Waals surface area (Å²) in [6.45, 7) is 2.42. The summed E-state index contributed by atoms with van der Waals surface area (Å²) in [4.78, 5) is 26.3. The number of nitrogens with zero attached hydrogens (tertiary/aromatic N) is 3. The number of non-ortho nitro benzene ring substituents is 1. The molecule has 0 saturated heterocycles. The first kappa shape index (κ1) is 19.8. The zero-order valence-electron chi connectivity index (χ0n) is 16.0. The van der Waals surface area contributed by atoms with Crippen LogP contribution in [0.15, 0.2) is 54.6 Å². The lowest BCUT2D eigenvalue weighted by molar-refractivity contribution is -0.384. The average molecular weight is 418 g/mol. The highest BCUT2D eigenvalue weighted by Gasteiger charge is 2.25. The zero-order valence-corrected chi connectivity index (χ0v) is 16.8. The molecule has 0 unspecified atom stereocenters. The van der Waals surface area contributed by atoms with Gasteiger partial charge in [0.05, 0.1) is 10.5 Å². The van der Waals surface area contributed by atoms with Crippen LogP contribution in [0.2, 0.25) is 0 Å². The van der Waals surface area contributed by atoms with E-state index in [1.54, 1.807) is 0 Å². The number of carbonyl (C=O) groups is 1. The van der Waals surface area contributed by atoms with Crippen molar-refractivity contribution in [2.24, 2.45) is 0 Å².